The molecule has 0 radical (unpaired) electrons. The van der Waals surface area contributed by atoms with Gasteiger partial charge in [0.2, 0.25) is 11.8 Å². The van der Waals surface area contributed by atoms with Crippen molar-refractivity contribution in [3.05, 3.63) is 0 Å². The second-order valence-corrected chi connectivity index (χ2v) is 7.08. The number of carbonyl (C=O) groups excluding carboxylic acids is 2. The van der Waals surface area contributed by atoms with E-state index in [1.807, 2.05) is 27.7 Å². The minimum absolute atomic E-state index is 0.0401. The van der Waals surface area contributed by atoms with Gasteiger partial charge in [0.05, 0.1) is 6.61 Å². The summed E-state index contributed by atoms with van der Waals surface area (Å²) in [6.07, 6.45) is 3.16. The molecule has 1 saturated carbocycles. The molecule has 2 atom stereocenters. The highest BCUT2D eigenvalue weighted by atomic mass is 16.3. The summed E-state index contributed by atoms with van der Waals surface area (Å²) >= 11 is 0. The first-order valence-electron chi connectivity index (χ1n) is 7.37. The maximum atomic E-state index is 11.9. The zero-order chi connectivity index (χ0) is 15.4. The average Bonchev–Trinajstić information content (AvgIpc) is 2.70. The average molecular weight is 284 g/mol. The summed E-state index contributed by atoms with van der Waals surface area (Å²) in [5.41, 5.74) is -0.637. The van der Waals surface area contributed by atoms with E-state index in [4.69, 9.17) is 0 Å². The lowest BCUT2D eigenvalue weighted by Gasteiger charge is -2.30. The molecule has 0 aliphatic heterocycles. The van der Waals surface area contributed by atoms with Gasteiger partial charge in [0.25, 0.3) is 0 Å². The third-order valence-electron chi connectivity index (χ3n) is 4.10. The van der Waals surface area contributed by atoms with Gasteiger partial charge >= 0.3 is 0 Å². The van der Waals surface area contributed by atoms with Crippen molar-refractivity contribution >= 4 is 11.8 Å². The van der Waals surface area contributed by atoms with Crippen molar-refractivity contribution in [1.29, 1.82) is 0 Å². The molecule has 3 N–H and O–H groups in total. The number of amides is 2. The third-order valence-corrected chi connectivity index (χ3v) is 4.10. The van der Waals surface area contributed by atoms with Crippen LogP contribution >= 0.6 is 0 Å². The fourth-order valence-corrected chi connectivity index (χ4v) is 2.49. The van der Waals surface area contributed by atoms with E-state index in [-0.39, 0.29) is 36.3 Å². The van der Waals surface area contributed by atoms with Crippen molar-refractivity contribution in [1.82, 2.24) is 10.6 Å². The summed E-state index contributed by atoms with van der Waals surface area (Å²) in [6, 6.07) is 0.0401. The molecule has 20 heavy (non-hydrogen) atoms. The molecule has 1 rings (SSSR count). The molecule has 2 unspecified atom stereocenters. The lowest BCUT2D eigenvalue weighted by Crippen LogP contribution is -2.45. The topological polar surface area (TPSA) is 78.4 Å². The Kier molecular flexibility index (Phi) is 5.57. The second kappa shape index (κ2) is 6.57. The molecule has 1 aliphatic carbocycles. The Morgan fingerprint density at radius 3 is 2.55 bits per heavy atom. The molecule has 1 aliphatic rings. The molecule has 0 bridgehead atoms. The van der Waals surface area contributed by atoms with Crippen LogP contribution in [0.5, 0.6) is 0 Å². The molecule has 0 aromatic heterocycles. The summed E-state index contributed by atoms with van der Waals surface area (Å²) in [6.45, 7) is 7.98. The number of aliphatic hydroxyl groups is 1. The second-order valence-electron chi connectivity index (χ2n) is 7.08. The van der Waals surface area contributed by atoms with Crippen LogP contribution in [0, 0.1) is 10.8 Å². The molecule has 0 aromatic carbocycles. The fourth-order valence-electron chi connectivity index (χ4n) is 2.49. The predicted molar refractivity (Wildman–Crippen MR) is 78.1 cm³/mol. The highest BCUT2D eigenvalue weighted by Crippen LogP contribution is 2.37. The van der Waals surface area contributed by atoms with E-state index in [9.17, 15) is 14.7 Å². The minimum atomic E-state index is -0.433. The van der Waals surface area contributed by atoms with Crippen LogP contribution < -0.4 is 10.6 Å². The van der Waals surface area contributed by atoms with Gasteiger partial charge in [-0.1, -0.05) is 34.1 Å². The van der Waals surface area contributed by atoms with E-state index >= 15 is 0 Å². The molecule has 5 nitrogen and oxygen atoms in total. The van der Waals surface area contributed by atoms with E-state index in [2.05, 4.69) is 10.6 Å². The molecule has 0 saturated heterocycles. The van der Waals surface area contributed by atoms with Crippen LogP contribution in [0.3, 0.4) is 0 Å². The van der Waals surface area contributed by atoms with Gasteiger partial charge in [-0.2, -0.15) is 0 Å². The zero-order valence-corrected chi connectivity index (χ0v) is 13.1. The summed E-state index contributed by atoms with van der Waals surface area (Å²) in [7, 11) is 0. The number of hydrogen-bond acceptors (Lipinski definition) is 3. The van der Waals surface area contributed by atoms with E-state index in [1.165, 1.54) is 0 Å². The fraction of sp³-hybridized carbons (Fsp3) is 0.867. The first-order chi connectivity index (χ1) is 9.19. The Labute approximate surface area is 121 Å². The van der Waals surface area contributed by atoms with Gasteiger partial charge in [0.15, 0.2) is 0 Å². The van der Waals surface area contributed by atoms with Crippen LogP contribution in [0.4, 0.5) is 0 Å². The minimum Gasteiger partial charge on any atom is -0.396 e. The molecule has 0 spiro atoms. The highest BCUT2D eigenvalue weighted by Gasteiger charge is 2.38. The van der Waals surface area contributed by atoms with Crippen molar-refractivity contribution in [2.24, 2.45) is 10.8 Å². The first-order valence-corrected chi connectivity index (χ1v) is 7.37. The molecule has 5 heteroatoms. The van der Waals surface area contributed by atoms with Crippen molar-refractivity contribution in [2.45, 2.75) is 59.4 Å². The lowest BCUT2D eigenvalue weighted by atomic mass is 9.86. The molecule has 116 valence electrons. The van der Waals surface area contributed by atoms with Crippen LogP contribution in [0.25, 0.3) is 0 Å². The van der Waals surface area contributed by atoms with E-state index in [0.29, 0.717) is 6.54 Å². The van der Waals surface area contributed by atoms with Crippen molar-refractivity contribution in [2.75, 3.05) is 13.2 Å². The van der Waals surface area contributed by atoms with E-state index in [1.54, 1.807) is 0 Å². The molecular formula is C15H28N2O3. The Hall–Kier alpha value is -1.10. The van der Waals surface area contributed by atoms with Crippen LogP contribution in [0.1, 0.15) is 53.4 Å². The van der Waals surface area contributed by atoms with Crippen LogP contribution in [0.2, 0.25) is 0 Å². The summed E-state index contributed by atoms with van der Waals surface area (Å²) < 4.78 is 0. The maximum absolute atomic E-state index is 11.9. The smallest absolute Gasteiger partial charge is 0.225 e. The Balaban J connectivity index is 2.33. The van der Waals surface area contributed by atoms with Crippen molar-refractivity contribution in [3.63, 3.8) is 0 Å². The van der Waals surface area contributed by atoms with Gasteiger partial charge < -0.3 is 15.7 Å². The number of rotatable bonds is 5. The largest absolute Gasteiger partial charge is 0.396 e. The Bertz CT molecular complexity index is 363. The lowest BCUT2D eigenvalue weighted by molar-refractivity contribution is -0.128. The Morgan fingerprint density at radius 2 is 2.00 bits per heavy atom. The van der Waals surface area contributed by atoms with Gasteiger partial charge in [0.1, 0.15) is 0 Å². The molecule has 2 amide bonds. The summed E-state index contributed by atoms with van der Waals surface area (Å²) in [4.78, 5) is 23.6. The SMILES string of the molecule is CC(C)(C)C(=O)NCCC(=O)NC1CCCC1(C)CO. The number of nitrogens with one attached hydrogen (secondary N) is 2. The van der Waals surface area contributed by atoms with Gasteiger partial charge in [-0.3, -0.25) is 9.59 Å². The highest BCUT2D eigenvalue weighted by molar-refractivity contribution is 5.82. The van der Waals surface area contributed by atoms with Gasteiger partial charge in [0, 0.05) is 29.8 Å². The van der Waals surface area contributed by atoms with Gasteiger partial charge in [-0.05, 0) is 12.8 Å². The van der Waals surface area contributed by atoms with Crippen molar-refractivity contribution in [3.8, 4) is 0 Å². The monoisotopic (exact) mass is 284 g/mol. The molecule has 0 aromatic rings. The summed E-state index contributed by atoms with van der Waals surface area (Å²) in [5.74, 6) is -0.114. The summed E-state index contributed by atoms with van der Waals surface area (Å²) in [5, 5.41) is 15.2. The molecule has 0 heterocycles. The zero-order valence-electron chi connectivity index (χ0n) is 13.1. The van der Waals surface area contributed by atoms with E-state index in [0.717, 1.165) is 19.3 Å². The molecule has 1 fully saturated rings. The predicted octanol–water partition coefficient (Wildman–Crippen LogP) is 1.21. The van der Waals surface area contributed by atoms with Gasteiger partial charge in [-0.25, -0.2) is 0 Å². The quantitative estimate of drug-likeness (QED) is 0.710. The normalized spacial score (nSPS) is 26.4. The Morgan fingerprint density at radius 1 is 1.35 bits per heavy atom. The number of aliphatic hydroxyl groups excluding tert-OH is 1. The first kappa shape index (κ1) is 17.0. The van der Waals surface area contributed by atoms with Gasteiger partial charge in [-0.15, -0.1) is 0 Å². The molecular weight excluding hydrogens is 256 g/mol. The van der Waals surface area contributed by atoms with Crippen LogP contribution in [-0.4, -0.2) is 36.1 Å². The standard InChI is InChI=1S/C15H28N2O3/c1-14(2,3)13(20)16-9-7-12(19)17-11-6-5-8-15(11,4)10-18/h11,18H,5-10H2,1-4H3,(H,16,20)(H,17,19). The van der Waals surface area contributed by atoms with Crippen LogP contribution in [0.15, 0.2) is 0 Å². The van der Waals surface area contributed by atoms with Crippen LogP contribution in [-0.2, 0) is 9.59 Å². The third kappa shape index (κ3) is 4.47. The van der Waals surface area contributed by atoms with E-state index < -0.39 is 5.41 Å². The number of carbonyl (C=O) groups is 2. The number of hydrogen-bond donors (Lipinski definition) is 3. The maximum Gasteiger partial charge on any atom is 0.225 e. The van der Waals surface area contributed by atoms with Crippen molar-refractivity contribution < 1.29 is 14.7 Å².